The van der Waals surface area contributed by atoms with Crippen LogP contribution in [0.5, 0.6) is 0 Å². The molecule has 0 aromatic rings. The highest BCUT2D eigenvalue weighted by Gasteiger charge is 1.74. The van der Waals surface area contributed by atoms with Crippen molar-refractivity contribution >= 4 is 24.1 Å². The highest BCUT2D eigenvalue weighted by molar-refractivity contribution is 7.93. The van der Waals surface area contributed by atoms with Gasteiger partial charge in [-0.3, -0.25) is 4.55 Å². The van der Waals surface area contributed by atoms with Crippen LogP contribution in [0.3, 0.4) is 0 Å². The Balaban J connectivity index is 2.85. The SMILES string of the molecule is O=S(O)NS. The summed E-state index contributed by atoms with van der Waals surface area (Å²) in [6, 6.07) is 0. The van der Waals surface area contributed by atoms with Crippen LogP contribution in [-0.4, -0.2) is 8.76 Å². The Hall–Kier alpha value is 0.420. The summed E-state index contributed by atoms with van der Waals surface area (Å²) in [5.41, 5.74) is 0. The highest BCUT2D eigenvalue weighted by Crippen LogP contribution is 1.59. The highest BCUT2D eigenvalue weighted by atomic mass is 32.2. The fourth-order valence-corrected chi connectivity index (χ4v) is 0. The van der Waals surface area contributed by atoms with E-state index in [1.807, 2.05) is 0 Å². The standard InChI is InChI=1S/H3NO2S2/c2-5(3)1-4/h1,4H,(H,2,3). The summed E-state index contributed by atoms with van der Waals surface area (Å²) >= 11 is 1.26. The van der Waals surface area contributed by atoms with Crippen molar-refractivity contribution in [3.63, 3.8) is 0 Å². The van der Waals surface area contributed by atoms with Crippen molar-refractivity contribution in [3.8, 4) is 0 Å². The Morgan fingerprint density at radius 2 is 2.20 bits per heavy atom. The van der Waals surface area contributed by atoms with E-state index in [4.69, 9.17) is 4.55 Å². The van der Waals surface area contributed by atoms with Crippen LogP contribution in [0.25, 0.3) is 0 Å². The number of hydrogen-bond donors (Lipinski definition) is 3. The van der Waals surface area contributed by atoms with Gasteiger partial charge in [-0.1, -0.05) is 12.8 Å². The van der Waals surface area contributed by atoms with Crippen LogP contribution in [0.15, 0.2) is 0 Å². The molecule has 0 aliphatic rings. The van der Waals surface area contributed by atoms with Crippen LogP contribution >= 0.6 is 12.8 Å². The van der Waals surface area contributed by atoms with Crippen LogP contribution in [0.4, 0.5) is 0 Å². The van der Waals surface area contributed by atoms with E-state index in [9.17, 15) is 4.21 Å². The molecule has 0 aromatic heterocycles. The first-order valence-corrected chi connectivity index (χ1v) is 2.33. The second kappa shape index (κ2) is 2.65. The first kappa shape index (κ1) is 5.42. The molecule has 0 saturated heterocycles. The number of thiol groups is 1. The molecule has 5 heteroatoms. The Kier molecular flexibility index (Phi) is 2.87. The normalized spacial score (nSPS) is 14.8. The smallest absolute Gasteiger partial charge is 0.241 e. The molecular weight excluding hydrogens is 110 g/mol. The summed E-state index contributed by atoms with van der Waals surface area (Å²) in [7, 11) is 0. The average Bonchev–Trinajstić information content (AvgIpc) is 1.38. The van der Waals surface area contributed by atoms with Crippen LogP contribution in [0, 0.1) is 0 Å². The van der Waals surface area contributed by atoms with Gasteiger partial charge < -0.3 is 0 Å². The maximum atomic E-state index is 9.29. The van der Waals surface area contributed by atoms with E-state index >= 15 is 0 Å². The fourth-order valence-electron chi connectivity index (χ4n) is 0. The summed E-state index contributed by atoms with van der Waals surface area (Å²) in [4.78, 5) is 0. The number of rotatable bonds is 1. The predicted octanol–water partition coefficient (Wildman–Crippen LogP) is -0.442. The molecule has 2 N–H and O–H groups in total. The van der Waals surface area contributed by atoms with Gasteiger partial charge in [0.2, 0.25) is 11.3 Å². The van der Waals surface area contributed by atoms with Gasteiger partial charge in [-0.05, 0) is 0 Å². The van der Waals surface area contributed by atoms with Gasteiger partial charge in [-0.25, -0.2) is 4.21 Å². The first-order chi connectivity index (χ1) is 2.27. The zero-order valence-corrected chi connectivity index (χ0v) is 3.92. The van der Waals surface area contributed by atoms with Gasteiger partial charge in [-0.15, -0.1) is 0 Å². The Labute approximate surface area is 37.7 Å². The molecule has 0 aliphatic heterocycles. The molecular formula is H3NO2S2. The van der Waals surface area contributed by atoms with Crippen LogP contribution < -0.4 is 4.13 Å². The third-order valence-electron chi connectivity index (χ3n) is 0.0781. The van der Waals surface area contributed by atoms with E-state index in [0.717, 1.165) is 0 Å². The topological polar surface area (TPSA) is 49.3 Å². The lowest BCUT2D eigenvalue weighted by Crippen LogP contribution is -1.99. The molecule has 0 aliphatic carbocycles. The molecule has 0 saturated carbocycles. The van der Waals surface area contributed by atoms with Crippen molar-refractivity contribution in [3.05, 3.63) is 0 Å². The van der Waals surface area contributed by atoms with Crippen LogP contribution in [-0.2, 0) is 11.3 Å². The lowest BCUT2D eigenvalue weighted by Gasteiger charge is -1.76. The molecule has 0 spiro atoms. The van der Waals surface area contributed by atoms with Gasteiger partial charge in [0.1, 0.15) is 0 Å². The minimum atomic E-state index is -1.96. The van der Waals surface area contributed by atoms with E-state index in [0.29, 0.717) is 0 Å². The molecule has 0 aromatic carbocycles. The Morgan fingerprint density at radius 3 is 2.20 bits per heavy atom. The van der Waals surface area contributed by atoms with Crippen molar-refractivity contribution in [2.75, 3.05) is 0 Å². The minimum absolute atomic E-state index is 1.75. The maximum Gasteiger partial charge on any atom is 0.241 e. The fraction of sp³-hybridized carbons (Fsp3) is 0. The van der Waals surface area contributed by atoms with Gasteiger partial charge in [-0.2, -0.15) is 4.13 Å². The van der Waals surface area contributed by atoms with Crippen molar-refractivity contribution in [1.82, 2.24) is 4.13 Å². The van der Waals surface area contributed by atoms with Gasteiger partial charge in [0.15, 0.2) is 0 Å². The lowest BCUT2D eigenvalue weighted by atomic mass is 13.9. The first-order valence-electron chi connectivity index (χ1n) is 0.777. The third kappa shape index (κ3) is 4.42. The molecule has 32 valence electrons. The molecule has 0 rings (SSSR count). The predicted molar refractivity (Wildman–Crippen MR) is 22.9 cm³/mol. The van der Waals surface area contributed by atoms with Gasteiger partial charge in [0.05, 0.1) is 0 Å². The molecule has 0 fully saturated rings. The summed E-state index contributed by atoms with van der Waals surface area (Å²) in [5, 5.41) is 0. The Bertz CT molecular complexity index is 42.9. The van der Waals surface area contributed by atoms with Crippen molar-refractivity contribution < 1.29 is 8.76 Å². The largest absolute Gasteiger partial charge is 0.293 e. The summed E-state index contributed by atoms with van der Waals surface area (Å²) < 4.78 is 18.7. The average molecular weight is 113 g/mol. The van der Waals surface area contributed by atoms with E-state index < -0.39 is 11.3 Å². The molecule has 1 unspecified atom stereocenters. The van der Waals surface area contributed by atoms with Crippen LogP contribution in [0.2, 0.25) is 0 Å². The van der Waals surface area contributed by atoms with E-state index in [1.165, 1.54) is 0 Å². The molecule has 0 radical (unpaired) electrons. The second-order valence-corrected chi connectivity index (χ2v) is 1.57. The zero-order valence-electron chi connectivity index (χ0n) is 2.21. The van der Waals surface area contributed by atoms with E-state index in [1.54, 1.807) is 4.13 Å². The third-order valence-corrected chi connectivity index (χ3v) is 0.703. The minimum Gasteiger partial charge on any atom is -0.293 e. The quantitative estimate of drug-likeness (QED) is 0.319. The van der Waals surface area contributed by atoms with Crippen LogP contribution in [0.1, 0.15) is 0 Å². The Morgan fingerprint density at radius 1 is 2.00 bits per heavy atom. The number of hydrogen-bond acceptors (Lipinski definition) is 2. The van der Waals surface area contributed by atoms with E-state index in [2.05, 4.69) is 12.8 Å². The van der Waals surface area contributed by atoms with E-state index in [-0.39, 0.29) is 0 Å². The molecule has 5 heavy (non-hydrogen) atoms. The van der Waals surface area contributed by atoms with Crippen molar-refractivity contribution in [2.24, 2.45) is 0 Å². The monoisotopic (exact) mass is 113 g/mol. The summed E-state index contributed by atoms with van der Waals surface area (Å²) in [5.74, 6) is 0. The molecule has 3 nitrogen and oxygen atoms in total. The molecule has 0 heterocycles. The summed E-state index contributed by atoms with van der Waals surface area (Å²) in [6.07, 6.45) is 0. The van der Waals surface area contributed by atoms with Crippen molar-refractivity contribution in [2.45, 2.75) is 0 Å². The lowest BCUT2D eigenvalue weighted by molar-refractivity contribution is 0.563. The summed E-state index contributed by atoms with van der Waals surface area (Å²) in [6.45, 7) is 0. The molecule has 0 bridgehead atoms. The van der Waals surface area contributed by atoms with Gasteiger partial charge >= 0.3 is 0 Å². The second-order valence-electron chi connectivity index (χ2n) is 0.340. The maximum absolute atomic E-state index is 9.29. The van der Waals surface area contributed by atoms with Gasteiger partial charge in [0.25, 0.3) is 0 Å². The van der Waals surface area contributed by atoms with Gasteiger partial charge in [0, 0.05) is 0 Å². The molecule has 1 atom stereocenters. The number of nitrogens with one attached hydrogen (secondary N) is 1. The van der Waals surface area contributed by atoms with Crippen molar-refractivity contribution in [1.29, 1.82) is 0 Å². The molecule has 0 amide bonds. The zero-order chi connectivity index (χ0) is 4.28.